The lowest BCUT2D eigenvalue weighted by atomic mass is 10.3. The van der Waals surface area contributed by atoms with Gasteiger partial charge in [0.1, 0.15) is 0 Å². The monoisotopic (exact) mass is 174 g/mol. The second-order valence-corrected chi connectivity index (χ2v) is 2.94. The van der Waals surface area contributed by atoms with Crippen LogP contribution in [-0.4, -0.2) is 35.2 Å². The van der Waals surface area contributed by atoms with Crippen molar-refractivity contribution >= 4 is 12.1 Å². The first kappa shape index (κ1) is 10.9. The minimum atomic E-state index is -1.07. The fourth-order valence-electron chi connectivity index (χ4n) is 0.793. The minimum Gasteiger partial charge on any atom is -0.435 e. The van der Waals surface area contributed by atoms with E-state index in [0.29, 0.717) is 6.54 Å². The van der Waals surface area contributed by atoms with E-state index in [1.54, 1.807) is 0 Å². The summed E-state index contributed by atoms with van der Waals surface area (Å²) in [4.78, 5) is 10.7. The molecular weight excluding hydrogens is 158 g/mol. The molecule has 12 heavy (non-hydrogen) atoms. The zero-order chi connectivity index (χ0) is 9.78. The van der Waals surface area contributed by atoms with E-state index in [1.165, 1.54) is 7.05 Å². The van der Waals surface area contributed by atoms with Crippen LogP contribution >= 0.6 is 0 Å². The van der Waals surface area contributed by atoms with Crippen molar-refractivity contribution in [2.75, 3.05) is 13.6 Å². The van der Waals surface area contributed by atoms with Crippen LogP contribution in [0, 0.1) is 5.41 Å². The molecule has 0 bridgehead atoms. The molecule has 0 radical (unpaired) electrons. The summed E-state index contributed by atoms with van der Waals surface area (Å²) < 4.78 is -0.506. The Bertz CT molecular complexity index is 177. The largest absolute Gasteiger partial charge is 0.521 e. The van der Waals surface area contributed by atoms with Crippen molar-refractivity contribution in [1.82, 2.24) is 0 Å². The number of guanidine groups is 1. The second kappa shape index (κ2) is 4.06. The number of rotatable bonds is 3. The predicted octanol–water partition coefficient (Wildman–Crippen LogP) is 0.805. The first-order valence-corrected chi connectivity index (χ1v) is 3.88. The van der Waals surface area contributed by atoms with E-state index >= 15 is 0 Å². The number of nitrogens with zero attached hydrogens (tertiary/aromatic N) is 1. The molecule has 5 heteroatoms. The van der Waals surface area contributed by atoms with Gasteiger partial charge in [0.2, 0.25) is 0 Å². The fourth-order valence-corrected chi connectivity index (χ4v) is 0.793. The number of nitrogens with two attached hydrogens (primary N) is 1. The molecule has 0 aliphatic carbocycles. The number of hydrogen-bond donors (Lipinski definition) is 3. The van der Waals surface area contributed by atoms with Crippen LogP contribution in [0.3, 0.4) is 0 Å². The standard InChI is InChI=1S/C7H15N3O2/c1-3-4-5-10(2,6(8)9)7(11)12/h3-5H2,1-2H3,(H3-,8,9,11,12)/p+1. The highest BCUT2D eigenvalue weighted by molar-refractivity contribution is 5.78. The average molecular weight is 174 g/mol. The minimum absolute atomic E-state index is 0.323. The summed E-state index contributed by atoms with van der Waals surface area (Å²) in [6, 6.07) is 0. The smallest absolute Gasteiger partial charge is 0.435 e. The molecule has 1 amide bonds. The van der Waals surface area contributed by atoms with Crippen molar-refractivity contribution in [1.29, 1.82) is 5.41 Å². The summed E-state index contributed by atoms with van der Waals surface area (Å²) in [5, 5.41) is 15.9. The number of unbranched alkanes of at least 4 members (excludes halogenated alkanes) is 1. The third-order valence-corrected chi connectivity index (χ3v) is 1.91. The topological polar surface area (TPSA) is 87.2 Å². The summed E-state index contributed by atoms with van der Waals surface area (Å²) in [6.45, 7) is 2.34. The Morgan fingerprint density at radius 1 is 1.67 bits per heavy atom. The molecule has 0 saturated carbocycles. The highest BCUT2D eigenvalue weighted by Crippen LogP contribution is 2.05. The summed E-state index contributed by atoms with van der Waals surface area (Å²) in [7, 11) is 1.43. The van der Waals surface area contributed by atoms with Gasteiger partial charge in [0.25, 0.3) is 0 Å². The van der Waals surface area contributed by atoms with Gasteiger partial charge in [-0.25, -0.2) is 5.41 Å². The van der Waals surface area contributed by atoms with Crippen LogP contribution in [0.4, 0.5) is 4.79 Å². The summed E-state index contributed by atoms with van der Waals surface area (Å²) in [5.74, 6) is -0.323. The zero-order valence-electron chi connectivity index (χ0n) is 7.50. The van der Waals surface area contributed by atoms with E-state index in [4.69, 9.17) is 16.2 Å². The third-order valence-electron chi connectivity index (χ3n) is 1.91. The van der Waals surface area contributed by atoms with E-state index < -0.39 is 10.6 Å². The highest BCUT2D eigenvalue weighted by atomic mass is 16.4. The van der Waals surface area contributed by atoms with Gasteiger partial charge < -0.3 is 10.8 Å². The Kier molecular flexibility index (Phi) is 3.69. The highest BCUT2D eigenvalue weighted by Gasteiger charge is 2.35. The third kappa shape index (κ3) is 2.20. The van der Waals surface area contributed by atoms with Gasteiger partial charge in [0.05, 0.1) is 13.6 Å². The first-order valence-electron chi connectivity index (χ1n) is 3.88. The van der Waals surface area contributed by atoms with E-state index in [0.717, 1.165) is 12.8 Å². The average Bonchev–Trinajstić information content (AvgIpc) is 1.99. The van der Waals surface area contributed by atoms with E-state index in [-0.39, 0.29) is 5.96 Å². The van der Waals surface area contributed by atoms with Crippen molar-refractivity contribution in [2.45, 2.75) is 19.8 Å². The molecule has 0 spiro atoms. The van der Waals surface area contributed by atoms with Gasteiger partial charge in [0, 0.05) is 0 Å². The molecule has 0 heterocycles. The van der Waals surface area contributed by atoms with E-state index in [9.17, 15) is 4.79 Å². The van der Waals surface area contributed by atoms with Crippen molar-refractivity contribution in [3.8, 4) is 0 Å². The molecule has 0 aromatic rings. The van der Waals surface area contributed by atoms with Crippen molar-refractivity contribution in [3.63, 3.8) is 0 Å². The molecule has 0 rings (SSSR count). The predicted molar refractivity (Wildman–Crippen MR) is 45.9 cm³/mol. The number of quaternary nitrogens is 1. The summed E-state index contributed by atoms with van der Waals surface area (Å²) in [5.41, 5.74) is 5.19. The molecule has 5 nitrogen and oxygen atoms in total. The van der Waals surface area contributed by atoms with Gasteiger partial charge in [-0.15, -0.1) is 0 Å². The van der Waals surface area contributed by atoms with Gasteiger partial charge in [0.15, 0.2) is 0 Å². The van der Waals surface area contributed by atoms with Gasteiger partial charge in [-0.2, -0.15) is 9.28 Å². The van der Waals surface area contributed by atoms with Crippen LogP contribution in [0.15, 0.2) is 0 Å². The lowest BCUT2D eigenvalue weighted by molar-refractivity contribution is -0.746. The van der Waals surface area contributed by atoms with Crippen LogP contribution in [0.25, 0.3) is 0 Å². The molecule has 0 aliphatic rings. The zero-order valence-corrected chi connectivity index (χ0v) is 7.50. The maximum atomic E-state index is 10.7. The molecule has 0 aliphatic heterocycles. The molecule has 0 saturated heterocycles. The normalized spacial score (nSPS) is 15.2. The van der Waals surface area contributed by atoms with Gasteiger partial charge in [-0.3, -0.25) is 0 Å². The second-order valence-electron chi connectivity index (χ2n) is 2.94. The van der Waals surface area contributed by atoms with Gasteiger partial charge in [-0.1, -0.05) is 13.3 Å². The molecule has 0 fully saturated rings. The number of carbonyl (C=O) groups is 1. The van der Waals surface area contributed by atoms with Crippen molar-refractivity contribution in [3.05, 3.63) is 0 Å². The molecule has 1 atom stereocenters. The molecule has 4 N–H and O–H groups in total. The number of nitrogens with one attached hydrogen (secondary N) is 1. The lowest BCUT2D eigenvalue weighted by Gasteiger charge is -2.24. The first-order chi connectivity index (χ1) is 5.45. The Morgan fingerprint density at radius 3 is 2.42 bits per heavy atom. The molecular formula is C7H16N3O2+. The van der Waals surface area contributed by atoms with Crippen molar-refractivity contribution < 1.29 is 14.4 Å². The van der Waals surface area contributed by atoms with E-state index in [2.05, 4.69) is 0 Å². The molecule has 0 aromatic heterocycles. The van der Waals surface area contributed by atoms with Crippen LogP contribution in [0.5, 0.6) is 0 Å². The number of amides is 1. The van der Waals surface area contributed by atoms with Crippen LogP contribution in [-0.2, 0) is 0 Å². The Morgan fingerprint density at radius 2 is 2.17 bits per heavy atom. The fraction of sp³-hybridized carbons (Fsp3) is 0.714. The number of carboxylic acid groups (broad SMARTS) is 1. The Hall–Kier alpha value is -1.10. The maximum absolute atomic E-state index is 10.7. The quantitative estimate of drug-likeness (QED) is 0.336. The van der Waals surface area contributed by atoms with Crippen molar-refractivity contribution in [2.24, 2.45) is 5.73 Å². The Labute approximate surface area is 71.9 Å². The Balaban J connectivity index is 4.40. The number of hydrogen-bond acceptors (Lipinski definition) is 2. The maximum Gasteiger partial charge on any atom is 0.521 e. The summed E-state index contributed by atoms with van der Waals surface area (Å²) >= 11 is 0. The van der Waals surface area contributed by atoms with Gasteiger partial charge >= 0.3 is 12.1 Å². The van der Waals surface area contributed by atoms with Crippen LogP contribution in [0.2, 0.25) is 0 Å². The SMILES string of the molecule is CCCC[N+](C)(C(=N)N)C(=O)O. The molecule has 0 aromatic carbocycles. The molecule has 70 valence electrons. The van der Waals surface area contributed by atoms with E-state index in [1.807, 2.05) is 6.92 Å². The summed E-state index contributed by atoms with van der Waals surface area (Å²) in [6.07, 6.45) is 0.576. The van der Waals surface area contributed by atoms with Gasteiger partial charge in [-0.05, 0) is 6.42 Å². The van der Waals surface area contributed by atoms with Crippen LogP contribution < -0.4 is 5.73 Å². The molecule has 1 unspecified atom stereocenters. The van der Waals surface area contributed by atoms with Crippen LogP contribution in [0.1, 0.15) is 19.8 Å². The lowest BCUT2D eigenvalue weighted by Crippen LogP contribution is -2.56.